The van der Waals surface area contributed by atoms with E-state index in [0.717, 1.165) is 10.9 Å². The van der Waals surface area contributed by atoms with Crippen LogP contribution in [0.4, 0.5) is 5.69 Å². The van der Waals surface area contributed by atoms with Crippen molar-refractivity contribution in [1.29, 1.82) is 0 Å². The number of Topliss-reactive ketones (excluding diaryl/α,β-unsaturated/α-hetero) is 1. The molecule has 1 aliphatic carbocycles. The number of benzene rings is 2. The van der Waals surface area contributed by atoms with E-state index >= 15 is 0 Å². The van der Waals surface area contributed by atoms with E-state index in [-0.39, 0.29) is 21.9 Å². The number of carbonyl (C=O) groups is 1. The van der Waals surface area contributed by atoms with Gasteiger partial charge in [-0.1, -0.05) is 57.9 Å². The van der Waals surface area contributed by atoms with E-state index in [1.54, 1.807) is 30.4 Å². The quantitative estimate of drug-likeness (QED) is 0.592. The first-order valence-corrected chi connectivity index (χ1v) is 10.7. The molecule has 0 aliphatic heterocycles. The van der Waals surface area contributed by atoms with Crippen molar-refractivity contribution in [3.05, 3.63) is 93.5 Å². The highest BCUT2D eigenvalue weighted by Crippen LogP contribution is 2.27. The molecule has 2 aromatic carbocycles. The Morgan fingerprint density at radius 3 is 2.56 bits per heavy atom. The van der Waals surface area contributed by atoms with Crippen LogP contribution in [0.25, 0.3) is 0 Å². The van der Waals surface area contributed by atoms with E-state index in [2.05, 4.69) is 20.7 Å². The fourth-order valence-corrected chi connectivity index (χ4v) is 4.01. The van der Waals surface area contributed by atoms with Gasteiger partial charge in [-0.2, -0.15) is 0 Å². The molecule has 1 aliphatic rings. The van der Waals surface area contributed by atoms with Crippen molar-refractivity contribution in [2.45, 2.75) is 11.3 Å². The minimum atomic E-state index is -3.85. The molecule has 138 valence electrons. The van der Waals surface area contributed by atoms with Crippen molar-refractivity contribution < 1.29 is 13.2 Å². The summed E-state index contributed by atoms with van der Waals surface area (Å²) in [7, 11) is -3.85. The van der Waals surface area contributed by atoms with Crippen LogP contribution in [0.5, 0.6) is 0 Å². The zero-order chi connectivity index (χ0) is 19.4. The van der Waals surface area contributed by atoms with Crippen molar-refractivity contribution in [3.63, 3.8) is 0 Å². The molecule has 27 heavy (non-hydrogen) atoms. The van der Waals surface area contributed by atoms with Gasteiger partial charge in [0, 0.05) is 20.6 Å². The molecule has 2 aromatic rings. The smallest absolute Gasteiger partial charge is 0.261 e. The van der Waals surface area contributed by atoms with E-state index in [1.165, 1.54) is 30.3 Å². The second-order valence-corrected chi connectivity index (χ2v) is 8.80. The molecule has 7 heteroatoms. The highest BCUT2D eigenvalue weighted by atomic mass is 79.9. The van der Waals surface area contributed by atoms with E-state index < -0.39 is 10.0 Å². The van der Waals surface area contributed by atoms with Gasteiger partial charge in [0.15, 0.2) is 5.78 Å². The third-order valence-electron chi connectivity index (χ3n) is 3.84. The molecular formula is C20H15BrClNO3S. The molecule has 0 spiro atoms. The van der Waals surface area contributed by atoms with Crippen molar-refractivity contribution in [2.75, 3.05) is 4.72 Å². The molecule has 1 N–H and O–H groups in total. The van der Waals surface area contributed by atoms with Crippen molar-refractivity contribution in [3.8, 4) is 0 Å². The topological polar surface area (TPSA) is 63.2 Å². The summed E-state index contributed by atoms with van der Waals surface area (Å²) < 4.78 is 28.6. The Labute approximate surface area is 171 Å². The summed E-state index contributed by atoms with van der Waals surface area (Å²) in [6.07, 6.45) is 9.72. The summed E-state index contributed by atoms with van der Waals surface area (Å²) in [6.45, 7) is 0. The van der Waals surface area contributed by atoms with E-state index in [1.807, 2.05) is 12.2 Å². The first-order chi connectivity index (χ1) is 12.9. The maximum atomic E-state index is 12.9. The Bertz CT molecular complexity index is 1070. The number of hydrogen-bond donors (Lipinski definition) is 1. The molecular weight excluding hydrogens is 450 g/mol. The molecule has 0 heterocycles. The summed E-state index contributed by atoms with van der Waals surface area (Å²) in [5.41, 5.74) is 0.819. The lowest BCUT2D eigenvalue weighted by atomic mass is 10.0. The largest absolute Gasteiger partial charge is 0.289 e. The fraction of sp³-hybridized carbons (Fsp3) is 0.0500. The normalized spacial score (nSPS) is 13.8. The SMILES string of the molecule is O=C(C1=CC=CCC=C1)c1cc(Cl)ccc1NS(=O)(=O)c1ccc(Br)cc1. The van der Waals surface area contributed by atoms with Gasteiger partial charge in [0.1, 0.15) is 0 Å². The lowest BCUT2D eigenvalue weighted by Crippen LogP contribution is -2.16. The number of anilines is 1. The molecule has 3 rings (SSSR count). The van der Waals surface area contributed by atoms with Crippen LogP contribution in [0, 0.1) is 0 Å². The van der Waals surface area contributed by atoms with Crippen molar-refractivity contribution >= 4 is 49.0 Å². The molecule has 0 radical (unpaired) electrons. The van der Waals surface area contributed by atoms with Crippen molar-refractivity contribution in [2.24, 2.45) is 0 Å². The average Bonchev–Trinajstić information content (AvgIpc) is 2.92. The molecule has 0 fully saturated rings. The van der Waals surface area contributed by atoms with Crippen LogP contribution < -0.4 is 4.72 Å². The summed E-state index contributed by atoms with van der Waals surface area (Å²) in [5, 5.41) is 0.346. The number of carbonyl (C=O) groups excluding carboxylic acids is 1. The third-order valence-corrected chi connectivity index (χ3v) is 5.98. The van der Waals surface area contributed by atoms with E-state index in [0.29, 0.717) is 10.6 Å². The second kappa shape index (κ2) is 8.25. The number of ketones is 1. The van der Waals surface area contributed by atoms with Gasteiger partial charge in [-0.05, 0) is 48.9 Å². The standard InChI is InChI=1S/C20H15BrClNO3S/c21-15-7-10-17(11-8-15)27(25,26)23-19-12-9-16(22)13-18(19)20(24)14-5-3-1-2-4-6-14/h1,3-13,23H,2H2. The predicted octanol–water partition coefficient (Wildman–Crippen LogP) is 5.53. The number of halogens is 2. The minimum absolute atomic E-state index is 0.0931. The predicted molar refractivity (Wildman–Crippen MR) is 112 cm³/mol. The van der Waals surface area contributed by atoms with Crippen LogP contribution in [-0.2, 0) is 10.0 Å². The minimum Gasteiger partial charge on any atom is -0.289 e. The molecule has 0 unspecified atom stereocenters. The average molecular weight is 465 g/mol. The van der Waals surface area contributed by atoms with Crippen LogP contribution in [0.3, 0.4) is 0 Å². The number of sulfonamides is 1. The summed E-state index contributed by atoms with van der Waals surface area (Å²) in [5.74, 6) is -0.311. The zero-order valence-corrected chi connectivity index (χ0v) is 17.2. The second-order valence-electron chi connectivity index (χ2n) is 5.77. The van der Waals surface area contributed by atoms with Gasteiger partial charge in [-0.3, -0.25) is 9.52 Å². The number of rotatable bonds is 5. The molecule has 0 amide bonds. The summed E-state index contributed by atoms with van der Waals surface area (Å²) in [6, 6.07) is 10.7. The van der Waals surface area contributed by atoms with Gasteiger partial charge in [0.2, 0.25) is 0 Å². The Hall–Kier alpha value is -2.15. The Morgan fingerprint density at radius 2 is 1.81 bits per heavy atom. The maximum Gasteiger partial charge on any atom is 0.261 e. The van der Waals surface area contributed by atoms with Gasteiger partial charge < -0.3 is 0 Å². The monoisotopic (exact) mass is 463 g/mol. The molecule has 0 atom stereocenters. The van der Waals surface area contributed by atoms with Gasteiger partial charge in [0.25, 0.3) is 10.0 Å². The van der Waals surface area contributed by atoms with Crippen LogP contribution in [0.15, 0.2) is 87.8 Å². The van der Waals surface area contributed by atoms with Gasteiger partial charge >= 0.3 is 0 Å². The molecule has 0 aromatic heterocycles. The van der Waals surface area contributed by atoms with E-state index in [4.69, 9.17) is 11.6 Å². The number of hydrogen-bond acceptors (Lipinski definition) is 3. The van der Waals surface area contributed by atoms with Crippen molar-refractivity contribution in [1.82, 2.24) is 0 Å². The number of allylic oxidation sites excluding steroid dienone is 6. The molecule has 4 nitrogen and oxygen atoms in total. The maximum absolute atomic E-state index is 12.9. The Kier molecular flexibility index (Phi) is 5.99. The summed E-state index contributed by atoms with van der Waals surface area (Å²) in [4.78, 5) is 13.0. The van der Waals surface area contributed by atoms with Gasteiger partial charge in [0.05, 0.1) is 10.6 Å². The first-order valence-electron chi connectivity index (χ1n) is 8.03. The zero-order valence-electron chi connectivity index (χ0n) is 14.0. The van der Waals surface area contributed by atoms with Gasteiger partial charge in [-0.15, -0.1) is 0 Å². The Balaban J connectivity index is 1.99. The first kappa shape index (κ1) is 19.6. The highest BCUT2D eigenvalue weighted by molar-refractivity contribution is 9.10. The summed E-state index contributed by atoms with van der Waals surface area (Å²) >= 11 is 9.33. The van der Waals surface area contributed by atoms with Crippen LogP contribution in [-0.4, -0.2) is 14.2 Å². The molecule has 0 bridgehead atoms. The third kappa shape index (κ3) is 4.77. The highest BCUT2D eigenvalue weighted by Gasteiger charge is 2.20. The molecule has 0 saturated carbocycles. The lowest BCUT2D eigenvalue weighted by molar-refractivity contribution is 0.103. The fourth-order valence-electron chi connectivity index (χ4n) is 2.50. The lowest BCUT2D eigenvalue weighted by Gasteiger charge is -2.13. The molecule has 0 saturated heterocycles. The van der Waals surface area contributed by atoms with Gasteiger partial charge in [-0.25, -0.2) is 8.42 Å². The van der Waals surface area contributed by atoms with Crippen LogP contribution in [0.2, 0.25) is 5.02 Å². The van der Waals surface area contributed by atoms with Crippen LogP contribution in [0.1, 0.15) is 16.8 Å². The Morgan fingerprint density at radius 1 is 1.07 bits per heavy atom. The van der Waals surface area contributed by atoms with E-state index in [9.17, 15) is 13.2 Å². The van der Waals surface area contributed by atoms with Crippen LogP contribution >= 0.6 is 27.5 Å². The number of nitrogens with one attached hydrogen (secondary N) is 1.